The minimum absolute atomic E-state index is 0.0921. The Labute approximate surface area is 233 Å². The number of halogens is 2. The molecule has 2 amide bonds. The molecule has 0 atom stereocenters. The lowest BCUT2D eigenvalue weighted by molar-refractivity contribution is 0.122. The van der Waals surface area contributed by atoms with E-state index < -0.39 is 11.8 Å². The Morgan fingerprint density at radius 1 is 0.868 bits per heavy atom. The molecule has 1 fully saturated rings. The van der Waals surface area contributed by atoms with Crippen molar-refractivity contribution in [2.45, 2.75) is 0 Å². The molecule has 1 aliphatic rings. The van der Waals surface area contributed by atoms with Gasteiger partial charge < -0.3 is 30.9 Å². The first-order chi connectivity index (χ1) is 18.5. The second kappa shape index (κ2) is 12.0. The maximum Gasteiger partial charge on any atom is 0.323 e. The number of nitrogens with one attached hydrogen (secondary N) is 4. The number of carbonyl (C=O) groups is 1. The maximum atomic E-state index is 13.9. The molecule has 0 spiro atoms. The summed E-state index contributed by atoms with van der Waals surface area (Å²) in [5.74, 6) is 0.479. The fourth-order valence-electron chi connectivity index (χ4n) is 3.89. The summed E-state index contributed by atoms with van der Waals surface area (Å²) >= 11 is 2.15. The van der Waals surface area contributed by atoms with Gasteiger partial charge in [-0.2, -0.15) is 4.98 Å². The van der Waals surface area contributed by atoms with E-state index in [-0.39, 0.29) is 5.69 Å². The molecule has 5 rings (SSSR count). The molecule has 1 aromatic heterocycles. The summed E-state index contributed by atoms with van der Waals surface area (Å²) in [6, 6.07) is 20.7. The van der Waals surface area contributed by atoms with Gasteiger partial charge in [-0.15, -0.1) is 0 Å². The average molecular weight is 625 g/mol. The number of benzene rings is 3. The van der Waals surface area contributed by atoms with Crippen LogP contribution in [0.2, 0.25) is 0 Å². The first kappa shape index (κ1) is 25.7. The van der Waals surface area contributed by atoms with Gasteiger partial charge in [-0.3, -0.25) is 0 Å². The van der Waals surface area contributed by atoms with Gasteiger partial charge in [-0.1, -0.05) is 24.3 Å². The summed E-state index contributed by atoms with van der Waals surface area (Å²) in [7, 11) is 0. The summed E-state index contributed by atoms with van der Waals surface area (Å²) < 4.78 is 20.1. The number of nitrogens with zero attached hydrogens (tertiary/aromatic N) is 3. The molecule has 4 aromatic rings. The molecule has 9 nitrogen and oxygen atoms in total. The number of urea groups is 1. The molecule has 194 valence electrons. The van der Waals surface area contributed by atoms with E-state index in [2.05, 4.69) is 70.9 Å². The fourth-order valence-corrected chi connectivity index (χ4v) is 4.28. The summed E-state index contributed by atoms with van der Waals surface area (Å²) in [5.41, 5.74) is 3.22. The summed E-state index contributed by atoms with van der Waals surface area (Å²) in [6.07, 6.45) is 1.71. The van der Waals surface area contributed by atoms with Crippen LogP contribution in [-0.2, 0) is 4.74 Å². The van der Waals surface area contributed by atoms with E-state index >= 15 is 0 Å². The third-order valence-electron chi connectivity index (χ3n) is 5.79. The van der Waals surface area contributed by atoms with Crippen LogP contribution in [0.25, 0.3) is 0 Å². The molecule has 1 aliphatic heterocycles. The molecule has 11 heteroatoms. The smallest absolute Gasteiger partial charge is 0.323 e. The van der Waals surface area contributed by atoms with Crippen LogP contribution in [0.15, 0.2) is 79.0 Å². The predicted octanol–water partition coefficient (Wildman–Crippen LogP) is 6.19. The van der Waals surface area contributed by atoms with Gasteiger partial charge in [0.25, 0.3) is 0 Å². The number of hydrogen-bond acceptors (Lipinski definition) is 7. The average Bonchev–Trinajstić information content (AvgIpc) is 2.94. The molecule has 3 aromatic carbocycles. The van der Waals surface area contributed by atoms with Gasteiger partial charge in [0.2, 0.25) is 5.95 Å². The number of amides is 2. The van der Waals surface area contributed by atoms with E-state index in [1.807, 2.05) is 24.3 Å². The monoisotopic (exact) mass is 625 g/mol. The summed E-state index contributed by atoms with van der Waals surface area (Å²) in [6.45, 7) is 3.23. The van der Waals surface area contributed by atoms with Crippen LogP contribution in [0.4, 0.5) is 49.4 Å². The lowest BCUT2D eigenvalue weighted by Crippen LogP contribution is -2.36. The number of carbonyl (C=O) groups excluding carboxylic acids is 1. The number of para-hydroxylation sites is 3. The van der Waals surface area contributed by atoms with Crippen LogP contribution >= 0.6 is 22.6 Å². The van der Waals surface area contributed by atoms with E-state index in [1.165, 1.54) is 12.1 Å². The molecule has 4 N–H and O–H groups in total. The van der Waals surface area contributed by atoms with Crippen molar-refractivity contribution in [2.75, 3.05) is 52.5 Å². The standard InChI is InChI=1S/C27H25FIN7O2/c28-20-5-1-2-6-22(20)33-27(37)34-24-8-4-3-7-23(24)32-25-21(29)17-30-26(35-25)31-18-9-11-19(12-10-18)36-13-15-38-16-14-36/h1-12,17H,13-16H2,(H2,33,34,37)(H2,30,31,32,35). The Bertz CT molecular complexity index is 1410. The number of rotatable bonds is 7. The fraction of sp³-hybridized carbons (Fsp3) is 0.148. The molecule has 0 saturated carbocycles. The van der Waals surface area contributed by atoms with Gasteiger partial charge in [0.1, 0.15) is 11.6 Å². The zero-order valence-electron chi connectivity index (χ0n) is 20.2. The molecular weight excluding hydrogens is 600 g/mol. The molecular formula is C27H25FIN7O2. The minimum Gasteiger partial charge on any atom is -0.378 e. The van der Waals surface area contributed by atoms with Crippen LogP contribution in [0.5, 0.6) is 0 Å². The van der Waals surface area contributed by atoms with Gasteiger partial charge in [0.15, 0.2) is 0 Å². The molecule has 2 heterocycles. The Morgan fingerprint density at radius 2 is 1.53 bits per heavy atom. The van der Waals surface area contributed by atoms with E-state index in [0.717, 1.165) is 41.2 Å². The van der Waals surface area contributed by atoms with Gasteiger partial charge in [0.05, 0.1) is 33.8 Å². The van der Waals surface area contributed by atoms with Gasteiger partial charge in [-0.25, -0.2) is 14.2 Å². The normalized spacial score (nSPS) is 13.1. The Hall–Kier alpha value is -3.97. The van der Waals surface area contributed by atoms with Crippen molar-refractivity contribution in [2.24, 2.45) is 0 Å². The van der Waals surface area contributed by atoms with Gasteiger partial charge >= 0.3 is 6.03 Å². The lowest BCUT2D eigenvalue weighted by Gasteiger charge is -2.28. The molecule has 0 aliphatic carbocycles. The number of aromatic nitrogens is 2. The topological polar surface area (TPSA) is 103 Å². The van der Waals surface area contributed by atoms with Crippen molar-refractivity contribution in [3.05, 3.63) is 88.4 Å². The Kier molecular flexibility index (Phi) is 8.14. The molecule has 38 heavy (non-hydrogen) atoms. The number of morpholine rings is 1. The largest absolute Gasteiger partial charge is 0.378 e. The van der Waals surface area contributed by atoms with Crippen molar-refractivity contribution in [1.29, 1.82) is 0 Å². The number of anilines is 7. The number of ether oxygens (including phenoxy) is 1. The highest BCUT2D eigenvalue weighted by Crippen LogP contribution is 2.28. The zero-order chi connectivity index (χ0) is 26.3. The maximum absolute atomic E-state index is 13.9. The summed E-state index contributed by atoms with van der Waals surface area (Å²) in [5, 5.41) is 11.8. The van der Waals surface area contributed by atoms with E-state index in [0.29, 0.717) is 23.1 Å². The van der Waals surface area contributed by atoms with E-state index in [1.54, 1.807) is 30.5 Å². The third kappa shape index (κ3) is 6.47. The molecule has 0 radical (unpaired) electrons. The van der Waals surface area contributed by atoms with Gasteiger partial charge in [0, 0.05) is 30.7 Å². The first-order valence-corrected chi connectivity index (χ1v) is 13.0. The van der Waals surface area contributed by atoms with Crippen molar-refractivity contribution in [3.63, 3.8) is 0 Å². The lowest BCUT2D eigenvalue weighted by atomic mass is 10.2. The molecule has 0 unspecified atom stereocenters. The van der Waals surface area contributed by atoms with Crippen molar-refractivity contribution < 1.29 is 13.9 Å². The Balaban J connectivity index is 1.27. The van der Waals surface area contributed by atoms with Gasteiger partial charge in [-0.05, 0) is 71.1 Å². The molecule has 1 saturated heterocycles. The van der Waals surface area contributed by atoms with Crippen LogP contribution in [0.3, 0.4) is 0 Å². The quantitative estimate of drug-likeness (QED) is 0.182. The second-order valence-electron chi connectivity index (χ2n) is 8.39. The SMILES string of the molecule is O=C(Nc1ccccc1F)Nc1ccccc1Nc1nc(Nc2ccc(N3CCOCC3)cc2)ncc1I. The summed E-state index contributed by atoms with van der Waals surface area (Å²) in [4.78, 5) is 23.8. The predicted molar refractivity (Wildman–Crippen MR) is 156 cm³/mol. The van der Waals surface area contributed by atoms with Crippen molar-refractivity contribution in [3.8, 4) is 0 Å². The highest BCUT2D eigenvalue weighted by atomic mass is 127. The van der Waals surface area contributed by atoms with E-state index in [9.17, 15) is 9.18 Å². The highest BCUT2D eigenvalue weighted by Gasteiger charge is 2.13. The first-order valence-electron chi connectivity index (χ1n) is 12.0. The van der Waals surface area contributed by atoms with Crippen LogP contribution in [0, 0.1) is 9.39 Å². The van der Waals surface area contributed by atoms with Crippen LogP contribution in [0.1, 0.15) is 0 Å². The van der Waals surface area contributed by atoms with Crippen molar-refractivity contribution in [1.82, 2.24) is 9.97 Å². The van der Waals surface area contributed by atoms with Crippen LogP contribution in [-0.4, -0.2) is 42.3 Å². The van der Waals surface area contributed by atoms with Crippen molar-refractivity contribution >= 4 is 68.8 Å². The van der Waals surface area contributed by atoms with E-state index in [4.69, 9.17) is 4.74 Å². The Morgan fingerprint density at radius 3 is 2.26 bits per heavy atom. The highest BCUT2D eigenvalue weighted by molar-refractivity contribution is 14.1. The van der Waals surface area contributed by atoms with Crippen LogP contribution < -0.4 is 26.2 Å². The minimum atomic E-state index is -0.565. The zero-order valence-corrected chi connectivity index (χ0v) is 22.4. The second-order valence-corrected chi connectivity index (χ2v) is 9.55. The third-order valence-corrected chi connectivity index (χ3v) is 6.58. The molecule has 0 bridgehead atoms. The number of hydrogen-bond donors (Lipinski definition) is 4.